The molecule has 5 heterocycles. The Labute approximate surface area is 189 Å². The van der Waals surface area contributed by atoms with E-state index in [9.17, 15) is 9.59 Å². The van der Waals surface area contributed by atoms with Crippen molar-refractivity contribution in [2.75, 3.05) is 13.1 Å². The van der Waals surface area contributed by atoms with Gasteiger partial charge in [-0.2, -0.15) is 5.10 Å². The van der Waals surface area contributed by atoms with Crippen molar-refractivity contribution in [1.82, 2.24) is 39.8 Å². The van der Waals surface area contributed by atoms with Gasteiger partial charge in [0.1, 0.15) is 5.52 Å². The molecule has 1 aliphatic carbocycles. The molecule has 1 saturated heterocycles. The molecule has 2 aliphatic rings. The lowest BCUT2D eigenvalue weighted by Gasteiger charge is -2.37. The van der Waals surface area contributed by atoms with E-state index in [1.807, 2.05) is 17.9 Å². The van der Waals surface area contributed by atoms with Crippen LogP contribution in [0.25, 0.3) is 16.7 Å². The molecule has 1 unspecified atom stereocenters. The number of aromatic amines is 1. The first-order chi connectivity index (χ1) is 16.0. The van der Waals surface area contributed by atoms with E-state index in [1.54, 1.807) is 29.4 Å². The highest BCUT2D eigenvalue weighted by Crippen LogP contribution is 2.50. The molecule has 10 nitrogen and oxygen atoms in total. The van der Waals surface area contributed by atoms with Crippen LogP contribution in [0, 0.1) is 12.3 Å². The molecular weight excluding hydrogens is 420 g/mol. The van der Waals surface area contributed by atoms with Gasteiger partial charge >= 0.3 is 0 Å². The van der Waals surface area contributed by atoms with Crippen molar-refractivity contribution < 1.29 is 9.59 Å². The fourth-order valence-electron chi connectivity index (χ4n) is 5.27. The second-order valence-corrected chi connectivity index (χ2v) is 9.21. The summed E-state index contributed by atoms with van der Waals surface area (Å²) >= 11 is 0. The Kier molecular flexibility index (Phi) is 4.42. The van der Waals surface area contributed by atoms with E-state index in [0.29, 0.717) is 46.6 Å². The maximum absolute atomic E-state index is 13.6. The van der Waals surface area contributed by atoms with E-state index in [-0.39, 0.29) is 23.3 Å². The van der Waals surface area contributed by atoms with E-state index in [1.165, 1.54) is 12.6 Å². The van der Waals surface area contributed by atoms with E-state index < -0.39 is 0 Å². The number of aryl methyl sites for hydroxylation is 1. The van der Waals surface area contributed by atoms with Gasteiger partial charge in [-0.15, -0.1) is 0 Å². The minimum atomic E-state index is -0.238. The third-order valence-corrected chi connectivity index (χ3v) is 7.17. The molecule has 0 bridgehead atoms. The molecule has 0 radical (unpaired) electrons. The lowest BCUT2D eigenvalue weighted by Crippen LogP contribution is -2.43. The van der Waals surface area contributed by atoms with Crippen LogP contribution in [0.3, 0.4) is 0 Å². The SMILES string of the molecule is Cc1nc2ccnn2cc1C(=O)N1CC2(CCC2)CC1CNC(=O)c1cncc2[nH]cnc12. The number of hydrogen-bond donors (Lipinski definition) is 2. The fourth-order valence-corrected chi connectivity index (χ4v) is 5.27. The number of hydrogen-bond acceptors (Lipinski definition) is 6. The van der Waals surface area contributed by atoms with Crippen molar-refractivity contribution in [2.45, 2.75) is 38.6 Å². The van der Waals surface area contributed by atoms with E-state index in [4.69, 9.17) is 0 Å². The molecule has 168 valence electrons. The minimum Gasteiger partial charge on any atom is -0.350 e. The predicted molar refractivity (Wildman–Crippen MR) is 120 cm³/mol. The summed E-state index contributed by atoms with van der Waals surface area (Å²) in [7, 11) is 0. The number of carbonyl (C=O) groups is 2. The first kappa shape index (κ1) is 19.8. The summed E-state index contributed by atoms with van der Waals surface area (Å²) < 4.78 is 1.63. The number of pyridine rings is 1. The van der Waals surface area contributed by atoms with Crippen molar-refractivity contribution in [3.8, 4) is 0 Å². The van der Waals surface area contributed by atoms with Crippen molar-refractivity contribution in [3.63, 3.8) is 0 Å². The summed E-state index contributed by atoms with van der Waals surface area (Å²) in [5.41, 5.74) is 3.83. The van der Waals surface area contributed by atoms with Gasteiger partial charge in [0.25, 0.3) is 11.8 Å². The van der Waals surface area contributed by atoms with E-state index in [2.05, 4.69) is 30.4 Å². The molecule has 1 saturated carbocycles. The molecule has 4 aromatic rings. The van der Waals surface area contributed by atoms with Crippen LogP contribution >= 0.6 is 0 Å². The van der Waals surface area contributed by atoms with Crippen LogP contribution in [-0.2, 0) is 0 Å². The van der Waals surface area contributed by atoms with Gasteiger partial charge in [0, 0.05) is 37.6 Å². The second-order valence-electron chi connectivity index (χ2n) is 9.21. The van der Waals surface area contributed by atoms with Gasteiger partial charge < -0.3 is 15.2 Å². The van der Waals surface area contributed by atoms with Crippen LogP contribution in [0.5, 0.6) is 0 Å². The Morgan fingerprint density at radius 3 is 2.97 bits per heavy atom. The van der Waals surface area contributed by atoms with Gasteiger partial charge in [0.15, 0.2) is 5.65 Å². The molecule has 1 atom stereocenters. The number of H-pyrrole nitrogens is 1. The summed E-state index contributed by atoms with van der Waals surface area (Å²) in [5, 5.41) is 7.26. The van der Waals surface area contributed by atoms with Crippen LogP contribution in [0.2, 0.25) is 0 Å². The van der Waals surface area contributed by atoms with Gasteiger partial charge in [-0.05, 0) is 31.6 Å². The summed E-state index contributed by atoms with van der Waals surface area (Å²) in [6.07, 6.45) is 12.5. The highest BCUT2D eigenvalue weighted by molar-refractivity contribution is 6.04. The fraction of sp³-hybridized carbons (Fsp3) is 0.391. The Hall–Kier alpha value is -3.82. The maximum Gasteiger partial charge on any atom is 0.257 e. The number of fused-ring (bicyclic) bond motifs is 2. The van der Waals surface area contributed by atoms with E-state index in [0.717, 1.165) is 19.3 Å². The molecule has 0 aromatic carbocycles. The third-order valence-electron chi connectivity index (χ3n) is 7.17. The summed E-state index contributed by atoms with van der Waals surface area (Å²) in [6, 6.07) is 1.73. The molecule has 2 amide bonds. The highest BCUT2D eigenvalue weighted by atomic mass is 16.2. The van der Waals surface area contributed by atoms with Crippen molar-refractivity contribution in [3.05, 3.63) is 54.0 Å². The Balaban J connectivity index is 1.25. The number of carbonyl (C=O) groups excluding carboxylic acids is 2. The lowest BCUT2D eigenvalue weighted by molar-refractivity contribution is 0.0684. The molecule has 33 heavy (non-hydrogen) atoms. The number of rotatable bonds is 4. The average molecular weight is 444 g/mol. The molecule has 2 N–H and O–H groups in total. The Morgan fingerprint density at radius 2 is 2.15 bits per heavy atom. The zero-order chi connectivity index (χ0) is 22.6. The van der Waals surface area contributed by atoms with Gasteiger partial charge in [-0.25, -0.2) is 14.5 Å². The first-order valence-corrected chi connectivity index (χ1v) is 11.2. The summed E-state index contributed by atoms with van der Waals surface area (Å²) in [4.78, 5) is 44.4. The average Bonchev–Trinajstić information content (AvgIpc) is 3.53. The smallest absolute Gasteiger partial charge is 0.257 e. The molecule has 1 aliphatic heterocycles. The number of imidazole rings is 1. The van der Waals surface area contributed by atoms with Gasteiger partial charge in [0.2, 0.25) is 0 Å². The summed E-state index contributed by atoms with van der Waals surface area (Å²) in [5.74, 6) is -0.297. The first-order valence-electron chi connectivity index (χ1n) is 11.2. The van der Waals surface area contributed by atoms with E-state index >= 15 is 0 Å². The quantitative estimate of drug-likeness (QED) is 0.497. The molecule has 1 spiro atoms. The van der Waals surface area contributed by atoms with Crippen LogP contribution in [-0.4, -0.2) is 65.4 Å². The Bertz CT molecular complexity index is 1390. The van der Waals surface area contributed by atoms with Crippen molar-refractivity contribution in [2.24, 2.45) is 5.41 Å². The topological polar surface area (TPSA) is 121 Å². The van der Waals surface area contributed by atoms with Gasteiger partial charge in [-0.1, -0.05) is 6.42 Å². The summed E-state index contributed by atoms with van der Waals surface area (Å²) in [6.45, 7) is 2.94. The third kappa shape index (κ3) is 3.24. The molecule has 4 aromatic heterocycles. The molecule has 10 heteroatoms. The Morgan fingerprint density at radius 1 is 1.27 bits per heavy atom. The maximum atomic E-state index is 13.6. The lowest BCUT2D eigenvalue weighted by atomic mass is 9.67. The van der Waals surface area contributed by atoms with Gasteiger partial charge in [0.05, 0.1) is 41.1 Å². The van der Waals surface area contributed by atoms with Crippen LogP contribution in [0.1, 0.15) is 52.1 Å². The van der Waals surface area contributed by atoms with Crippen molar-refractivity contribution in [1.29, 1.82) is 0 Å². The van der Waals surface area contributed by atoms with Crippen molar-refractivity contribution >= 4 is 28.5 Å². The zero-order valence-corrected chi connectivity index (χ0v) is 18.3. The number of nitrogens with one attached hydrogen (secondary N) is 2. The highest BCUT2D eigenvalue weighted by Gasteiger charge is 2.49. The number of aromatic nitrogens is 6. The van der Waals surface area contributed by atoms with Crippen LogP contribution in [0.15, 0.2) is 37.2 Å². The standard InChI is InChI=1S/C23H24N8O2/c1-14-17(11-31-19(29-14)3-6-28-31)22(33)30-12-23(4-2-5-23)7-15(30)8-25-21(32)16-9-24-10-18-20(16)27-13-26-18/h3,6,9-11,13,15H,2,4-5,7-8,12H2,1H3,(H,25,32)(H,26,27). The minimum absolute atomic E-state index is 0.0588. The zero-order valence-electron chi connectivity index (χ0n) is 18.3. The van der Waals surface area contributed by atoms with Crippen LogP contribution in [0.4, 0.5) is 0 Å². The van der Waals surface area contributed by atoms with Gasteiger partial charge in [-0.3, -0.25) is 14.6 Å². The molecular formula is C23H24N8O2. The number of likely N-dealkylation sites (tertiary alicyclic amines) is 1. The van der Waals surface area contributed by atoms with Crippen LogP contribution < -0.4 is 5.32 Å². The number of nitrogens with zero attached hydrogens (tertiary/aromatic N) is 6. The normalized spacial score (nSPS) is 19.3. The number of amides is 2. The molecule has 6 rings (SSSR count). The largest absolute Gasteiger partial charge is 0.350 e. The predicted octanol–water partition coefficient (Wildman–Crippen LogP) is 2.12. The second kappa shape index (κ2) is 7.36. The monoisotopic (exact) mass is 444 g/mol. The molecule has 2 fully saturated rings.